The van der Waals surface area contributed by atoms with Gasteiger partial charge >= 0.3 is 0 Å². The van der Waals surface area contributed by atoms with E-state index in [9.17, 15) is 15.2 Å². The molecule has 0 saturated heterocycles. The molecule has 0 spiro atoms. The molecule has 1 N–H and O–H groups in total. The lowest BCUT2D eigenvalue weighted by Gasteiger charge is -2.18. The number of rotatable bonds is 3. The Labute approximate surface area is 145 Å². The van der Waals surface area contributed by atoms with Gasteiger partial charge in [0, 0.05) is 17.7 Å². The number of fused-ring (bicyclic) bond motifs is 1. The van der Waals surface area contributed by atoms with Crippen molar-refractivity contribution in [3.05, 3.63) is 57.6 Å². The van der Waals surface area contributed by atoms with E-state index in [2.05, 4.69) is 25.8 Å². The highest BCUT2D eigenvalue weighted by atomic mass is 16.6. The molecule has 130 valence electrons. The van der Waals surface area contributed by atoms with Crippen LogP contribution in [0.1, 0.15) is 44.9 Å². The fraction of sp³-hybridized carbons (Fsp3) is 0.316. The average molecular weight is 340 g/mol. The van der Waals surface area contributed by atoms with Gasteiger partial charge in [-0.25, -0.2) is 4.98 Å². The smallest absolute Gasteiger partial charge is 0.270 e. The number of nitro benzene ring substituents is 1. The molecule has 3 aromatic rings. The molecule has 0 aliphatic carbocycles. The first kappa shape index (κ1) is 17.1. The highest BCUT2D eigenvalue weighted by Crippen LogP contribution is 2.32. The van der Waals surface area contributed by atoms with Crippen molar-refractivity contribution in [2.24, 2.45) is 0 Å². The minimum Gasteiger partial charge on any atom is -0.436 e. The number of oxazole rings is 1. The number of benzene rings is 2. The number of aliphatic hydroxyl groups excluding tert-OH is 1. The maximum absolute atomic E-state index is 11.2. The van der Waals surface area contributed by atoms with Crippen LogP contribution in [0.3, 0.4) is 0 Å². The number of hydrogen-bond acceptors (Lipinski definition) is 5. The summed E-state index contributed by atoms with van der Waals surface area (Å²) in [7, 11) is 0. The molecule has 1 unspecified atom stereocenters. The van der Waals surface area contributed by atoms with Crippen molar-refractivity contribution < 1.29 is 14.4 Å². The van der Waals surface area contributed by atoms with Gasteiger partial charge < -0.3 is 9.52 Å². The number of aromatic nitrogens is 1. The third-order valence-electron chi connectivity index (χ3n) is 4.13. The predicted octanol–water partition coefficient (Wildman–Crippen LogP) is 4.75. The second-order valence-corrected chi connectivity index (χ2v) is 7.20. The molecule has 0 saturated carbocycles. The Morgan fingerprint density at radius 1 is 1.20 bits per heavy atom. The van der Waals surface area contributed by atoms with Crippen molar-refractivity contribution in [1.29, 1.82) is 0 Å². The van der Waals surface area contributed by atoms with E-state index in [1.54, 1.807) is 13.0 Å². The first-order valence-corrected chi connectivity index (χ1v) is 8.04. The Kier molecular flexibility index (Phi) is 4.08. The summed E-state index contributed by atoms with van der Waals surface area (Å²) in [6.45, 7) is 7.91. The van der Waals surface area contributed by atoms with E-state index in [0.717, 1.165) is 5.56 Å². The van der Waals surface area contributed by atoms with E-state index >= 15 is 0 Å². The van der Waals surface area contributed by atoms with Gasteiger partial charge in [0.25, 0.3) is 5.69 Å². The SMILES string of the molecule is CC(O)c1cc(-c2nc3cc(C(C)(C)C)ccc3o2)cc([N+](=O)[O-])c1. The van der Waals surface area contributed by atoms with Crippen molar-refractivity contribution >= 4 is 16.8 Å². The van der Waals surface area contributed by atoms with Gasteiger partial charge in [0.15, 0.2) is 5.58 Å². The summed E-state index contributed by atoms with van der Waals surface area (Å²) in [4.78, 5) is 15.2. The molecule has 0 aliphatic heterocycles. The Hall–Kier alpha value is -2.73. The molecule has 2 aromatic carbocycles. The van der Waals surface area contributed by atoms with Crippen LogP contribution in [0, 0.1) is 10.1 Å². The molecule has 0 fully saturated rings. The Balaban J connectivity index is 2.14. The number of nitro groups is 1. The second-order valence-electron chi connectivity index (χ2n) is 7.20. The lowest BCUT2D eigenvalue weighted by molar-refractivity contribution is -0.384. The Morgan fingerprint density at radius 2 is 1.92 bits per heavy atom. The summed E-state index contributed by atoms with van der Waals surface area (Å²) in [5.74, 6) is 0.298. The third-order valence-corrected chi connectivity index (χ3v) is 4.13. The van der Waals surface area contributed by atoms with Crippen LogP contribution in [0.25, 0.3) is 22.6 Å². The second kappa shape index (κ2) is 5.97. The molecule has 1 atom stereocenters. The van der Waals surface area contributed by atoms with Crippen molar-refractivity contribution in [2.45, 2.75) is 39.2 Å². The van der Waals surface area contributed by atoms with Gasteiger partial charge in [-0.3, -0.25) is 10.1 Å². The molecule has 25 heavy (non-hydrogen) atoms. The highest BCUT2D eigenvalue weighted by Gasteiger charge is 2.19. The molecule has 0 aliphatic rings. The number of aliphatic hydroxyl groups is 1. The summed E-state index contributed by atoms with van der Waals surface area (Å²) < 4.78 is 5.78. The Bertz CT molecular complexity index is 952. The normalized spacial score (nSPS) is 13.2. The van der Waals surface area contributed by atoms with E-state index in [1.165, 1.54) is 12.1 Å². The minimum atomic E-state index is -0.824. The van der Waals surface area contributed by atoms with Crippen molar-refractivity contribution in [3.63, 3.8) is 0 Å². The average Bonchev–Trinajstić information content (AvgIpc) is 2.96. The van der Waals surface area contributed by atoms with E-state index in [1.807, 2.05) is 18.2 Å². The van der Waals surface area contributed by atoms with Crippen LogP contribution in [0.2, 0.25) is 0 Å². The molecule has 1 aromatic heterocycles. The van der Waals surface area contributed by atoms with E-state index in [4.69, 9.17) is 4.42 Å². The monoisotopic (exact) mass is 340 g/mol. The summed E-state index contributed by atoms with van der Waals surface area (Å²) in [5.41, 5.74) is 3.24. The summed E-state index contributed by atoms with van der Waals surface area (Å²) in [5, 5.41) is 21.0. The van der Waals surface area contributed by atoms with Gasteiger partial charge in [0.05, 0.1) is 11.0 Å². The van der Waals surface area contributed by atoms with Gasteiger partial charge in [0.2, 0.25) is 5.89 Å². The van der Waals surface area contributed by atoms with Crippen LogP contribution < -0.4 is 0 Å². The predicted molar refractivity (Wildman–Crippen MR) is 95.4 cm³/mol. The maximum Gasteiger partial charge on any atom is 0.270 e. The van der Waals surface area contributed by atoms with Crippen molar-refractivity contribution in [1.82, 2.24) is 4.98 Å². The number of nitrogens with zero attached hydrogens (tertiary/aromatic N) is 2. The standard InChI is InChI=1S/C19H20N2O4/c1-11(22)12-7-13(9-15(8-12)21(23)24)18-20-16-10-14(19(2,3)4)5-6-17(16)25-18/h5-11,22H,1-4H3. The van der Waals surface area contributed by atoms with Crippen LogP contribution in [0.5, 0.6) is 0 Å². The molecule has 3 rings (SSSR count). The van der Waals surface area contributed by atoms with Crippen LogP contribution in [-0.2, 0) is 5.41 Å². The third kappa shape index (κ3) is 3.39. The number of hydrogen-bond donors (Lipinski definition) is 1. The van der Waals surface area contributed by atoms with E-state index in [-0.39, 0.29) is 11.1 Å². The molecule has 0 radical (unpaired) electrons. The van der Waals surface area contributed by atoms with Crippen LogP contribution in [-0.4, -0.2) is 15.0 Å². The van der Waals surface area contributed by atoms with E-state index in [0.29, 0.717) is 28.1 Å². The first-order chi connectivity index (χ1) is 11.6. The molecular weight excluding hydrogens is 320 g/mol. The zero-order valence-corrected chi connectivity index (χ0v) is 14.6. The highest BCUT2D eigenvalue weighted by molar-refractivity contribution is 5.77. The van der Waals surface area contributed by atoms with Gasteiger partial charge in [-0.05, 0) is 41.7 Å². The fourth-order valence-electron chi connectivity index (χ4n) is 2.62. The summed E-state index contributed by atoms with van der Waals surface area (Å²) in [6.07, 6.45) is -0.824. The van der Waals surface area contributed by atoms with Gasteiger partial charge in [-0.1, -0.05) is 26.8 Å². The van der Waals surface area contributed by atoms with Gasteiger partial charge in [-0.15, -0.1) is 0 Å². The van der Waals surface area contributed by atoms with Crippen molar-refractivity contribution in [3.8, 4) is 11.5 Å². The molecule has 1 heterocycles. The maximum atomic E-state index is 11.2. The zero-order chi connectivity index (χ0) is 18.4. The van der Waals surface area contributed by atoms with Crippen LogP contribution in [0.15, 0.2) is 40.8 Å². The molecule has 0 amide bonds. The number of non-ortho nitro benzene ring substituents is 1. The lowest BCUT2D eigenvalue weighted by Crippen LogP contribution is -2.10. The minimum absolute atomic E-state index is 0.0155. The van der Waals surface area contributed by atoms with Crippen LogP contribution in [0.4, 0.5) is 5.69 Å². The van der Waals surface area contributed by atoms with Crippen molar-refractivity contribution in [2.75, 3.05) is 0 Å². The fourth-order valence-corrected chi connectivity index (χ4v) is 2.62. The largest absolute Gasteiger partial charge is 0.436 e. The molecule has 0 bridgehead atoms. The quantitative estimate of drug-likeness (QED) is 0.549. The molecule has 6 heteroatoms. The summed E-state index contributed by atoms with van der Waals surface area (Å²) >= 11 is 0. The topological polar surface area (TPSA) is 89.4 Å². The molecular formula is C19H20N2O4. The molecule has 6 nitrogen and oxygen atoms in total. The van der Waals surface area contributed by atoms with Crippen LogP contribution >= 0.6 is 0 Å². The lowest BCUT2D eigenvalue weighted by atomic mass is 9.87. The van der Waals surface area contributed by atoms with Gasteiger partial charge in [0.1, 0.15) is 5.52 Å². The zero-order valence-electron chi connectivity index (χ0n) is 14.6. The van der Waals surface area contributed by atoms with E-state index < -0.39 is 11.0 Å². The Morgan fingerprint density at radius 3 is 2.52 bits per heavy atom. The first-order valence-electron chi connectivity index (χ1n) is 8.04. The van der Waals surface area contributed by atoms with Gasteiger partial charge in [-0.2, -0.15) is 0 Å². The summed E-state index contributed by atoms with van der Waals surface area (Å²) in [6, 6.07) is 10.2.